The Morgan fingerprint density at radius 2 is 1.96 bits per heavy atom. The first-order valence-electron chi connectivity index (χ1n) is 7.88. The number of benzene rings is 1. The molecule has 0 bridgehead atoms. The molecule has 4 nitrogen and oxygen atoms in total. The number of nitrogens with zero attached hydrogens (tertiary/aromatic N) is 2. The highest BCUT2D eigenvalue weighted by molar-refractivity contribution is 5.85. The molecule has 1 N–H and O–H groups in total. The van der Waals surface area contributed by atoms with Crippen LogP contribution in [0.1, 0.15) is 18.2 Å². The minimum absolute atomic E-state index is 0. The fourth-order valence-electron chi connectivity index (χ4n) is 2.68. The fourth-order valence-corrected chi connectivity index (χ4v) is 2.68. The smallest absolute Gasteiger partial charge is 0.130 e. The van der Waals surface area contributed by atoms with Crippen LogP contribution in [-0.4, -0.2) is 35.6 Å². The van der Waals surface area contributed by atoms with Gasteiger partial charge >= 0.3 is 0 Å². The van der Waals surface area contributed by atoms with Crippen molar-refractivity contribution in [3.63, 3.8) is 0 Å². The third-order valence-corrected chi connectivity index (χ3v) is 4.06. The van der Waals surface area contributed by atoms with Crippen LogP contribution < -0.4 is 10.1 Å². The van der Waals surface area contributed by atoms with Gasteiger partial charge in [-0.25, -0.2) is 0 Å². The van der Waals surface area contributed by atoms with Crippen LogP contribution in [0.3, 0.4) is 0 Å². The van der Waals surface area contributed by atoms with Gasteiger partial charge in [0.25, 0.3) is 0 Å². The lowest BCUT2D eigenvalue weighted by Crippen LogP contribution is -2.49. The van der Waals surface area contributed by atoms with Crippen molar-refractivity contribution < 1.29 is 4.74 Å². The monoisotopic (exact) mass is 369 g/mol. The van der Waals surface area contributed by atoms with Gasteiger partial charge in [0.2, 0.25) is 0 Å². The summed E-state index contributed by atoms with van der Waals surface area (Å²) >= 11 is 0. The van der Waals surface area contributed by atoms with Crippen molar-refractivity contribution >= 4 is 24.8 Å². The maximum absolute atomic E-state index is 5.77. The molecule has 1 saturated heterocycles. The average Bonchev–Trinajstić information content (AvgIpc) is 2.57. The van der Waals surface area contributed by atoms with Gasteiger partial charge in [-0.05, 0) is 36.8 Å². The van der Waals surface area contributed by atoms with Crippen LogP contribution in [0.5, 0.6) is 5.75 Å². The molecule has 0 radical (unpaired) electrons. The Labute approximate surface area is 156 Å². The number of nitrogens with one attached hydrogen (secondary N) is 1. The molecule has 0 amide bonds. The van der Waals surface area contributed by atoms with Gasteiger partial charge in [-0.15, -0.1) is 24.8 Å². The zero-order valence-electron chi connectivity index (χ0n) is 13.9. The highest BCUT2D eigenvalue weighted by Crippen LogP contribution is 2.16. The normalized spacial score (nSPS) is 17.5. The molecular formula is C18H25Cl2N3O. The molecule has 0 aliphatic carbocycles. The van der Waals surface area contributed by atoms with Gasteiger partial charge in [-0.1, -0.05) is 18.2 Å². The van der Waals surface area contributed by atoms with E-state index in [2.05, 4.69) is 34.3 Å². The molecule has 0 spiro atoms. The van der Waals surface area contributed by atoms with Gasteiger partial charge in [-0.2, -0.15) is 0 Å². The largest absolute Gasteiger partial charge is 0.487 e. The molecule has 132 valence electrons. The van der Waals surface area contributed by atoms with Crippen LogP contribution in [0.2, 0.25) is 0 Å². The van der Waals surface area contributed by atoms with Crippen LogP contribution in [0.15, 0.2) is 48.7 Å². The van der Waals surface area contributed by atoms with Gasteiger partial charge in [-0.3, -0.25) is 9.88 Å². The number of hydrogen-bond donors (Lipinski definition) is 1. The van der Waals surface area contributed by atoms with E-state index in [9.17, 15) is 0 Å². The number of aromatic nitrogens is 1. The zero-order valence-corrected chi connectivity index (χ0v) is 15.5. The minimum atomic E-state index is 0. The van der Waals surface area contributed by atoms with Gasteiger partial charge < -0.3 is 10.1 Å². The quantitative estimate of drug-likeness (QED) is 0.877. The SMILES string of the molecule is C[C@@H]1CNCCN1Cc1ccc(OCc2ccccn2)cc1.Cl.Cl. The highest BCUT2D eigenvalue weighted by Gasteiger charge is 2.17. The van der Waals surface area contributed by atoms with E-state index in [1.165, 1.54) is 5.56 Å². The van der Waals surface area contributed by atoms with Crippen molar-refractivity contribution in [3.8, 4) is 5.75 Å². The number of piperazine rings is 1. The van der Waals surface area contributed by atoms with Crippen LogP contribution in [-0.2, 0) is 13.2 Å². The zero-order chi connectivity index (χ0) is 15.2. The van der Waals surface area contributed by atoms with Crippen molar-refractivity contribution in [1.82, 2.24) is 15.2 Å². The van der Waals surface area contributed by atoms with E-state index >= 15 is 0 Å². The molecule has 3 rings (SSSR count). The Hall–Kier alpha value is -1.33. The number of hydrogen-bond acceptors (Lipinski definition) is 4. The summed E-state index contributed by atoms with van der Waals surface area (Å²) in [4.78, 5) is 6.77. The average molecular weight is 370 g/mol. The molecule has 1 atom stereocenters. The van der Waals surface area contributed by atoms with Crippen LogP contribution in [0.25, 0.3) is 0 Å². The lowest BCUT2D eigenvalue weighted by atomic mass is 10.1. The Morgan fingerprint density at radius 1 is 1.17 bits per heavy atom. The second kappa shape index (κ2) is 10.5. The first-order valence-corrected chi connectivity index (χ1v) is 7.88. The molecule has 24 heavy (non-hydrogen) atoms. The molecule has 6 heteroatoms. The number of pyridine rings is 1. The molecule has 1 fully saturated rings. The molecule has 0 unspecified atom stereocenters. The third kappa shape index (κ3) is 5.95. The summed E-state index contributed by atoms with van der Waals surface area (Å²) in [7, 11) is 0. The van der Waals surface area contributed by atoms with Gasteiger partial charge in [0, 0.05) is 38.4 Å². The van der Waals surface area contributed by atoms with E-state index in [1.807, 2.05) is 30.3 Å². The molecule has 1 aliphatic rings. The molecule has 0 saturated carbocycles. The predicted octanol–water partition coefficient (Wildman–Crippen LogP) is 3.30. The van der Waals surface area contributed by atoms with Crippen molar-refractivity contribution in [2.45, 2.75) is 26.1 Å². The van der Waals surface area contributed by atoms with E-state index in [0.29, 0.717) is 12.6 Å². The van der Waals surface area contributed by atoms with Crippen molar-refractivity contribution in [2.24, 2.45) is 0 Å². The molecular weight excluding hydrogens is 345 g/mol. The Balaban J connectivity index is 0.00000144. The van der Waals surface area contributed by atoms with E-state index in [1.54, 1.807) is 6.20 Å². The summed E-state index contributed by atoms with van der Waals surface area (Å²) in [5.74, 6) is 0.891. The molecule has 1 aromatic heterocycles. The van der Waals surface area contributed by atoms with Crippen LogP contribution in [0, 0.1) is 0 Å². The highest BCUT2D eigenvalue weighted by atomic mass is 35.5. The fraction of sp³-hybridized carbons (Fsp3) is 0.389. The number of rotatable bonds is 5. The Kier molecular flexibility index (Phi) is 9.08. The van der Waals surface area contributed by atoms with E-state index in [4.69, 9.17) is 4.74 Å². The minimum Gasteiger partial charge on any atom is -0.487 e. The lowest BCUT2D eigenvalue weighted by Gasteiger charge is -2.33. The van der Waals surface area contributed by atoms with Gasteiger partial charge in [0.15, 0.2) is 0 Å². The van der Waals surface area contributed by atoms with Gasteiger partial charge in [0.05, 0.1) is 5.69 Å². The van der Waals surface area contributed by atoms with Crippen LogP contribution >= 0.6 is 24.8 Å². The summed E-state index contributed by atoms with van der Waals surface area (Å²) < 4.78 is 5.77. The van der Waals surface area contributed by atoms with Crippen molar-refractivity contribution in [1.29, 1.82) is 0 Å². The van der Waals surface area contributed by atoms with Crippen molar-refractivity contribution in [2.75, 3.05) is 19.6 Å². The summed E-state index contributed by atoms with van der Waals surface area (Å²) in [6, 6.07) is 14.9. The second-order valence-corrected chi connectivity index (χ2v) is 5.78. The first kappa shape index (κ1) is 20.7. The molecule has 2 aromatic rings. The Bertz CT molecular complexity index is 581. The Morgan fingerprint density at radius 3 is 2.62 bits per heavy atom. The first-order chi connectivity index (χ1) is 10.8. The number of ether oxygens (including phenoxy) is 1. The van der Waals surface area contributed by atoms with Gasteiger partial charge in [0.1, 0.15) is 12.4 Å². The molecule has 1 aliphatic heterocycles. The predicted molar refractivity (Wildman–Crippen MR) is 102 cm³/mol. The molecule has 2 heterocycles. The second-order valence-electron chi connectivity index (χ2n) is 5.78. The van der Waals surface area contributed by atoms with Crippen LogP contribution in [0.4, 0.5) is 0 Å². The van der Waals surface area contributed by atoms with E-state index in [-0.39, 0.29) is 24.8 Å². The lowest BCUT2D eigenvalue weighted by molar-refractivity contribution is 0.165. The topological polar surface area (TPSA) is 37.4 Å². The third-order valence-electron chi connectivity index (χ3n) is 4.06. The summed E-state index contributed by atoms with van der Waals surface area (Å²) in [5.41, 5.74) is 2.28. The summed E-state index contributed by atoms with van der Waals surface area (Å²) in [6.45, 7) is 7.05. The summed E-state index contributed by atoms with van der Waals surface area (Å²) in [6.07, 6.45) is 1.79. The van der Waals surface area contributed by atoms with E-state index in [0.717, 1.165) is 37.6 Å². The maximum Gasteiger partial charge on any atom is 0.130 e. The van der Waals surface area contributed by atoms with E-state index < -0.39 is 0 Å². The molecule has 1 aromatic carbocycles. The standard InChI is InChI=1S/C18H23N3O.2ClH/c1-15-12-19-10-11-21(15)13-16-5-7-18(8-6-16)22-14-17-4-2-3-9-20-17;;/h2-9,15,19H,10-14H2,1H3;2*1H/t15-;;/m1../s1. The van der Waals surface area contributed by atoms with Crippen molar-refractivity contribution in [3.05, 3.63) is 59.9 Å². The summed E-state index contributed by atoms with van der Waals surface area (Å²) in [5, 5.41) is 3.42. The maximum atomic E-state index is 5.77. The number of halogens is 2.